The summed E-state index contributed by atoms with van der Waals surface area (Å²) in [4.78, 5) is 0. The molecule has 19 heavy (non-hydrogen) atoms. The lowest BCUT2D eigenvalue weighted by molar-refractivity contribution is 0.803. The summed E-state index contributed by atoms with van der Waals surface area (Å²) < 4.78 is 1.14. The Bertz CT molecular complexity index is 522. The van der Waals surface area contributed by atoms with Crippen LogP contribution in [0.5, 0.6) is 0 Å². The molecule has 100 valence electrons. The summed E-state index contributed by atoms with van der Waals surface area (Å²) in [6, 6.07) is 17.1. The third-order valence-corrected chi connectivity index (χ3v) is 3.91. The third-order valence-electron chi connectivity index (χ3n) is 3.42. The lowest BCUT2D eigenvalue weighted by atomic mass is 10.0. The third kappa shape index (κ3) is 3.84. The molecule has 0 bridgehead atoms. The van der Waals surface area contributed by atoms with Crippen molar-refractivity contribution >= 4 is 21.6 Å². The van der Waals surface area contributed by atoms with Crippen LogP contribution in [0.2, 0.25) is 0 Å². The number of benzene rings is 2. The molecule has 0 amide bonds. The van der Waals surface area contributed by atoms with E-state index in [1.807, 2.05) is 0 Å². The number of hydrogen-bond donors (Lipinski definition) is 1. The summed E-state index contributed by atoms with van der Waals surface area (Å²) >= 11 is 3.53. The minimum absolute atomic E-state index is 0.509. The van der Waals surface area contributed by atoms with Crippen LogP contribution in [0.3, 0.4) is 0 Å². The van der Waals surface area contributed by atoms with Gasteiger partial charge in [-0.15, -0.1) is 0 Å². The highest BCUT2D eigenvalue weighted by atomic mass is 79.9. The number of aryl methyl sites for hydroxylation is 1. The van der Waals surface area contributed by atoms with Crippen molar-refractivity contribution in [2.24, 2.45) is 0 Å². The van der Waals surface area contributed by atoms with E-state index in [1.54, 1.807) is 0 Å². The number of halogens is 1. The maximum atomic E-state index is 3.57. The molecule has 1 nitrogen and oxygen atoms in total. The molecule has 0 aromatic heterocycles. The van der Waals surface area contributed by atoms with E-state index in [-0.39, 0.29) is 0 Å². The minimum atomic E-state index is 0.509. The topological polar surface area (TPSA) is 12.0 Å². The van der Waals surface area contributed by atoms with E-state index in [9.17, 15) is 0 Å². The van der Waals surface area contributed by atoms with Crippen LogP contribution in [-0.4, -0.2) is 6.54 Å². The highest BCUT2D eigenvalue weighted by Gasteiger charge is 2.06. The van der Waals surface area contributed by atoms with Crippen molar-refractivity contribution in [3.63, 3.8) is 0 Å². The largest absolute Gasteiger partial charge is 0.384 e. The Hall–Kier alpha value is -1.28. The Morgan fingerprint density at radius 1 is 1.11 bits per heavy atom. The summed E-state index contributed by atoms with van der Waals surface area (Å²) in [5.74, 6) is 0.509. The van der Waals surface area contributed by atoms with Crippen LogP contribution in [0.15, 0.2) is 53.0 Å². The molecular formula is C17H20BrN. The van der Waals surface area contributed by atoms with Gasteiger partial charge in [0.15, 0.2) is 0 Å². The molecule has 0 saturated heterocycles. The van der Waals surface area contributed by atoms with Gasteiger partial charge >= 0.3 is 0 Å². The second-order valence-electron chi connectivity index (χ2n) is 4.85. The molecule has 2 rings (SSSR count). The van der Waals surface area contributed by atoms with Crippen molar-refractivity contribution in [1.82, 2.24) is 0 Å². The predicted molar refractivity (Wildman–Crippen MR) is 86.9 cm³/mol. The van der Waals surface area contributed by atoms with Gasteiger partial charge in [0, 0.05) is 16.7 Å². The zero-order valence-electron chi connectivity index (χ0n) is 11.5. The first-order chi connectivity index (χ1) is 9.20. The second kappa shape index (κ2) is 6.76. The van der Waals surface area contributed by atoms with Crippen LogP contribution in [-0.2, 0) is 6.42 Å². The highest BCUT2D eigenvalue weighted by Crippen LogP contribution is 2.23. The molecule has 2 aromatic rings. The van der Waals surface area contributed by atoms with Gasteiger partial charge in [0.05, 0.1) is 0 Å². The van der Waals surface area contributed by atoms with E-state index in [2.05, 4.69) is 83.6 Å². The molecule has 0 aliphatic rings. The molecule has 0 saturated carbocycles. The average molecular weight is 318 g/mol. The molecule has 2 aromatic carbocycles. The van der Waals surface area contributed by atoms with Gasteiger partial charge in [-0.25, -0.2) is 0 Å². The standard InChI is InChI=1S/C17H20BrN/c1-3-14-11-16(18)9-10-17(14)19-12-13(2)15-7-5-4-6-8-15/h4-11,13,19H,3,12H2,1-2H3. The summed E-state index contributed by atoms with van der Waals surface area (Å²) in [6.45, 7) is 5.40. The van der Waals surface area contributed by atoms with Crippen LogP contribution in [0.4, 0.5) is 5.69 Å². The Balaban J connectivity index is 2.03. The fourth-order valence-electron chi connectivity index (χ4n) is 2.19. The van der Waals surface area contributed by atoms with E-state index < -0.39 is 0 Å². The minimum Gasteiger partial charge on any atom is -0.384 e. The van der Waals surface area contributed by atoms with Crippen molar-refractivity contribution in [1.29, 1.82) is 0 Å². The molecule has 2 heteroatoms. The van der Waals surface area contributed by atoms with Gasteiger partial charge in [0.25, 0.3) is 0 Å². The van der Waals surface area contributed by atoms with Gasteiger partial charge in [0.1, 0.15) is 0 Å². The number of rotatable bonds is 5. The molecule has 0 radical (unpaired) electrons. The molecule has 0 spiro atoms. The van der Waals surface area contributed by atoms with Crippen molar-refractivity contribution in [3.05, 3.63) is 64.1 Å². The van der Waals surface area contributed by atoms with Crippen molar-refractivity contribution in [2.75, 3.05) is 11.9 Å². The average Bonchev–Trinajstić information content (AvgIpc) is 2.46. The second-order valence-corrected chi connectivity index (χ2v) is 5.76. The van der Waals surface area contributed by atoms with Crippen LogP contribution in [0.1, 0.15) is 30.9 Å². The van der Waals surface area contributed by atoms with Gasteiger partial charge < -0.3 is 5.32 Å². The van der Waals surface area contributed by atoms with Crippen LogP contribution >= 0.6 is 15.9 Å². The highest BCUT2D eigenvalue weighted by molar-refractivity contribution is 9.10. The molecular weight excluding hydrogens is 298 g/mol. The van der Waals surface area contributed by atoms with Gasteiger partial charge in [-0.1, -0.05) is 60.1 Å². The van der Waals surface area contributed by atoms with Crippen LogP contribution in [0.25, 0.3) is 0 Å². The lowest BCUT2D eigenvalue weighted by Crippen LogP contribution is -2.11. The Morgan fingerprint density at radius 3 is 2.53 bits per heavy atom. The van der Waals surface area contributed by atoms with E-state index in [0.717, 1.165) is 17.4 Å². The number of anilines is 1. The van der Waals surface area contributed by atoms with Gasteiger partial charge in [-0.2, -0.15) is 0 Å². The first kappa shape index (κ1) is 14.1. The van der Waals surface area contributed by atoms with Gasteiger partial charge in [-0.05, 0) is 41.7 Å². The van der Waals surface area contributed by atoms with Gasteiger partial charge in [0.2, 0.25) is 0 Å². The van der Waals surface area contributed by atoms with E-state index in [1.165, 1.54) is 16.8 Å². The molecule has 0 heterocycles. The quantitative estimate of drug-likeness (QED) is 0.796. The SMILES string of the molecule is CCc1cc(Br)ccc1NCC(C)c1ccccc1. The molecule has 1 atom stereocenters. The number of nitrogens with one attached hydrogen (secondary N) is 1. The molecule has 0 aliphatic heterocycles. The monoisotopic (exact) mass is 317 g/mol. The van der Waals surface area contributed by atoms with Crippen molar-refractivity contribution in [2.45, 2.75) is 26.2 Å². The zero-order valence-corrected chi connectivity index (χ0v) is 13.1. The van der Waals surface area contributed by atoms with Crippen molar-refractivity contribution in [3.8, 4) is 0 Å². The smallest absolute Gasteiger partial charge is 0.0373 e. The van der Waals surface area contributed by atoms with Crippen LogP contribution < -0.4 is 5.32 Å². The van der Waals surface area contributed by atoms with E-state index >= 15 is 0 Å². The first-order valence-corrected chi connectivity index (χ1v) is 7.57. The summed E-state index contributed by atoms with van der Waals surface area (Å²) in [5.41, 5.74) is 3.98. The Labute approximate surface area is 124 Å². The molecule has 1 N–H and O–H groups in total. The molecule has 0 aliphatic carbocycles. The summed E-state index contributed by atoms with van der Waals surface area (Å²) in [6.07, 6.45) is 1.04. The van der Waals surface area contributed by atoms with E-state index in [0.29, 0.717) is 5.92 Å². The lowest BCUT2D eigenvalue weighted by Gasteiger charge is -2.16. The zero-order chi connectivity index (χ0) is 13.7. The maximum absolute atomic E-state index is 3.57. The first-order valence-electron chi connectivity index (χ1n) is 6.78. The predicted octanol–water partition coefficient (Wildman–Crippen LogP) is 5.23. The molecule has 0 fully saturated rings. The maximum Gasteiger partial charge on any atom is 0.0373 e. The Kier molecular flexibility index (Phi) is 5.03. The van der Waals surface area contributed by atoms with E-state index in [4.69, 9.17) is 0 Å². The summed E-state index contributed by atoms with van der Waals surface area (Å²) in [5, 5.41) is 3.57. The van der Waals surface area contributed by atoms with Crippen LogP contribution in [0, 0.1) is 0 Å². The summed E-state index contributed by atoms with van der Waals surface area (Å²) in [7, 11) is 0. The number of hydrogen-bond acceptors (Lipinski definition) is 1. The fraction of sp³-hybridized carbons (Fsp3) is 0.294. The normalized spacial score (nSPS) is 12.2. The van der Waals surface area contributed by atoms with Gasteiger partial charge in [-0.3, -0.25) is 0 Å². The van der Waals surface area contributed by atoms with Crippen molar-refractivity contribution < 1.29 is 0 Å². The molecule has 1 unspecified atom stereocenters. The Morgan fingerprint density at radius 2 is 1.84 bits per heavy atom. The fourth-order valence-corrected chi connectivity index (χ4v) is 2.60.